The summed E-state index contributed by atoms with van der Waals surface area (Å²) in [4.78, 5) is 17.3. The van der Waals surface area contributed by atoms with Gasteiger partial charge < -0.3 is 9.84 Å². The smallest absolute Gasteiger partial charge is 0.181 e. The second-order valence-corrected chi connectivity index (χ2v) is 7.54. The minimum absolute atomic E-state index is 0.0688. The van der Waals surface area contributed by atoms with Gasteiger partial charge in [-0.3, -0.25) is 9.20 Å². The van der Waals surface area contributed by atoms with Gasteiger partial charge in [-0.05, 0) is 43.5 Å². The van der Waals surface area contributed by atoms with E-state index in [9.17, 15) is 23.1 Å². The topological polar surface area (TPSA) is 63.8 Å². The number of halogens is 3. The Morgan fingerprint density at radius 2 is 1.97 bits per heavy atom. The summed E-state index contributed by atoms with van der Waals surface area (Å²) in [5.41, 5.74) is 0.646. The quantitative estimate of drug-likeness (QED) is 0.360. The van der Waals surface area contributed by atoms with Crippen molar-refractivity contribution in [3.05, 3.63) is 64.9 Å². The first kappa shape index (κ1) is 22.8. The molecule has 5 nitrogen and oxygen atoms in total. The van der Waals surface area contributed by atoms with Crippen LogP contribution in [-0.2, 0) is 6.61 Å². The summed E-state index contributed by atoms with van der Waals surface area (Å²) in [6.45, 7) is 3.14. The molecule has 3 aromatic rings. The number of ketones is 1. The molecule has 0 fully saturated rings. The number of hydrogen-bond acceptors (Lipinski definition) is 4. The zero-order chi connectivity index (χ0) is 22.5. The number of imidazole rings is 1. The van der Waals surface area contributed by atoms with E-state index in [2.05, 4.69) is 4.98 Å². The SMILES string of the molecule is CCCC[C@H](CO)CC(=O)c1c(C)nc2c(OCc3c(F)ccc(F)c3F)cccn12. The second kappa shape index (κ2) is 9.96. The van der Waals surface area contributed by atoms with Crippen LogP contribution in [0, 0.1) is 30.3 Å². The number of ether oxygens (including phenoxy) is 1. The van der Waals surface area contributed by atoms with Gasteiger partial charge in [0.1, 0.15) is 18.1 Å². The van der Waals surface area contributed by atoms with Crippen LogP contribution in [0.1, 0.15) is 54.4 Å². The van der Waals surface area contributed by atoms with Crippen LogP contribution in [-0.4, -0.2) is 26.9 Å². The highest BCUT2D eigenvalue weighted by Crippen LogP contribution is 2.26. The van der Waals surface area contributed by atoms with Crippen LogP contribution in [0.5, 0.6) is 5.75 Å². The zero-order valence-electron chi connectivity index (χ0n) is 17.5. The molecule has 0 aliphatic carbocycles. The normalized spacial score (nSPS) is 12.3. The molecule has 1 aromatic carbocycles. The van der Waals surface area contributed by atoms with E-state index in [1.54, 1.807) is 29.7 Å². The number of rotatable bonds is 10. The molecule has 2 aromatic heterocycles. The maximum absolute atomic E-state index is 13.9. The van der Waals surface area contributed by atoms with Gasteiger partial charge in [-0.2, -0.15) is 0 Å². The summed E-state index contributed by atoms with van der Waals surface area (Å²) >= 11 is 0. The average Bonchev–Trinajstić information content (AvgIpc) is 3.10. The monoisotopic (exact) mass is 434 g/mol. The molecule has 0 saturated carbocycles. The third-order valence-electron chi connectivity index (χ3n) is 5.26. The fourth-order valence-corrected chi connectivity index (χ4v) is 3.57. The molecule has 0 aliphatic heterocycles. The van der Waals surface area contributed by atoms with Crippen molar-refractivity contribution in [2.45, 2.75) is 46.1 Å². The maximum atomic E-state index is 13.9. The van der Waals surface area contributed by atoms with Gasteiger partial charge in [0.05, 0.1) is 11.3 Å². The predicted molar refractivity (Wildman–Crippen MR) is 110 cm³/mol. The van der Waals surface area contributed by atoms with Gasteiger partial charge in [-0.1, -0.05) is 19.8 Å². The molecule has 0 radical (unpaired) electrons. The van der Waals surface area contributed by atoms with E-state index in [4.69, 9.17) is 4.74 Å². The number of hydrogen-bond donors (Lipinski definition) is 1. The first-order valence-corrected chi connectivity index (χ1v) is 10.2. The molecule has 0 aliphatic rings. The molecule has 31 heavy (non-hydrogen) atoms. The van der Waals surface area contributed by atoms with E-state index < -0.39 is 29.6 Å². The number of benzene rings is 1. The van der Waals surface area contributed by atoms with Crippen molar-refractivity contribution in [1.82, 2.24) is 9.38 Å². The number of nitrogens with zero attached hydrogens (tertiary/aromatic N) is 2. The Kier molecular flexibility index (Phi) is 7.33. The number of pyridine rings is 1. The molecule has 166 valence electrons. The van der Waals surface area contributed by atoms with Crippen molar-refractivity contribution in [1.29, 1.82) is 0 Å². The van der Waals surface area contributed by atoms with E-state index in [1.165, 1.54) is 0 Å². The van der Waals surface area contributed by atoms with Gasteiger partial charge in [0.15, 0.2) is 28.8 Å². The van der Waals surface area contributed by atoms with Crippen molar-refractivity contribution < 1.29 is 27.8 Å². The van der Waals surface area contributed by atoms with Crippen molar-refractivity contribution in [2.75, 3.05) is 6.61 Å². The standard InChI is InChI=1S/C23H25F3N2O3/c1-3-4-6-15(12-29)11-19(30)22-14(2)27-23-20(7-5-10-28(22)23)31-13-16-17(24)8-9-18(25)21(16)26/h5,7-10,15,29H,3-4,6,11-13H2,1-2H3/t15-/m0/s1. The number of unbranched alkanes of at least 4 members (excludes halogenated alkanes) is 1. The van der Waals surface area contributed by atoms with E-state index in [0.29, 0.717) is 23.1 Å². The number of aromatic nitrogens is 2. The third kappa shape index (κ3) is 4.90. The van der Waals surface area contributed by atoms with Crippen LogP contribution in [0.3, 0.4) is 0 Å². The van der Waals surface area contributed by atoms with Gasteiger partial charge in [0.2, 0.25) is 0 Å². The Balaban J connectivity index is 1.87. The Labute approximate surface area is 178 Å². The first-order valence-electron chi connectivity index (χ1n) is 10.2. The largest absolute Gasteiger partial charge is 0.485 e. The van der Waals surface area contributed by atoms with E-state index in [1.807, 2.05) is 6.92 Å². The van der Waals surface area contributed by atoms with Crippen LogP contribution >= 0.6 is 0 Å². The van der Waals surface area contributed by atoms with Gasteiger partial charge in [-0.25, -0.2) is 18.2 Å². The lowest BCUT2D eigenvalue weighted by Crippen LogP contribution is -2.15. The highest BCUT2D eigenvalue weighted by Gasteiger charge is 2.22. The van der Waals surface area contributed by atoms with E-state index in [-0.39, 0.29) is 30.5 Å². The van der Waals surface area contributed by atoms with Crippen molar-refractivity contribution in [3.63, 3.8) is 0 Å². The summed E-state index contributed by atoms with van der Waals surface area (Å²) in [6.07, 6.45) is 4.50. The van der Waals surface area contributed by atoms with Gasteiger partial charge in [0.25, 0.3) is 0 Å². The molecule has 8 heteroatoms. The molecule has 0 bridgehead atoms. The van der Waals surface area contributed by atoms with Crippen molar-refractivity contribution in [3.8, 4) is 5.75 Å². The predicted octanol–water partition coefficient (Wildman–Crippen LogP) is 5.01. The Bertz CT molecular complexity index is 1080. The lowest BCUT2D eigenvalue weighted by molar-refractivity contribution is 0.0923. The molecule has 0 saturated heterocycles. The number of aliphatic hydroxyl groups excluding tert-OH is 1. The van der Waals surface area contributed by atoms with Crippen molar-refractivity contribution in [2.24, 2.45) is 5.92 Å². The number of carbonyl (C=O) groups excluding carboxylic acids is 1. The highest BCUT2D eigenvalue weighted by molar-refractivity contribution is 5.96. The van der Waals surface area contributed by atoms with Crippen LogP contribution < -0.4 is 4.74 Å². The average molecular weight is 434 g/mol. The molecule has 3 rings (SSSR count). The fourth-order valence-electron chi connectivity index (χ4n) is 3.57. The van der Waals surface area contributed by atoms with Crippen LogP contribution in [0.4, 0.5) is 13.2 Å². The molecule has 0 amide bonds. The molecule has 2 heterocycles. The van der Waals surface area contributed by atoms with E-state index in [0.717, 1.165) is 25.3 Å². The van der Waals surface area contributed by atoms with Crippen LogP contribution in [0.2, 0.25) is 0 Å². The molecule has 0 unspecified atom stereocenters. The van der Waals surface area contributed by atoms with Crippen LogP contribution in [0.15, 0.2) is 30.5 Å². The lowest BCUT2D eigenvalue weighted by atomic mass is 9.95. The Morgan fingerprint density at radius 3 is 2.68 bits per heavy atom. The number of aliphatic hydroxyl groups is 1. The van der Waals surface area contributed by atoms with Crippen LogP contribution in [0.25, 0.3) is 5.65 Å². The highest BCUT2D eigenvalue weighted by atomic mass is 19.2. The minimum Gasteiger partial charge on any atom is -0.485 e. The molecular formula is C23H25F3N2O3. The van der Waals surface area contributed by atoms with Crippen molar-refractivity contribution >= 4 is 11.4 Å². The number of fused-ring (bicyclic) bond motifs is 1. The summed E-state index contributed by atoms with van der Waals surface area (Å²) in [5, 5.41) is 9.59. The molecule has 1 atom stereocenters. The number of Topliss-reactive ketones (excluding diaryl/α,β-unsaturated/α-hetero) is 1. The molecule has 0 spiro atoms. The zero-order valence-corrected chi connectivity index (χ0v) is 17.5. The molecular weight excluding hydrogens is 409 g/mol. The van der Waals surface area contributed by atoms with Gasteiger partial charge in [-0.15, -0.1) is 0 Å². The number of aryl methyl sites for hydroxylation is 1. The fraction of sp³-hybridized carbons (Fsp3) is 0.391. The Morgan fingerprint density at radius 1 is 1.23 bits per heavy atom. The molecule has 1 N–H and O–H groups in total. The first-order chi connectivity index (χ1) is 14.9. The van der Waals surface area contributed by atoms with Gasteiger partial charge in [0, 0.05) is 19.2 Å². The number of carbonyl (C=O) groups is 1. The Hall–Kier alpha value is -2.87. The van der Waals surface area contributed by atoms with Gasteiger partial charge >= 0.3 is 0 Å². The summed E-state index contributed by atoms with van der Waals surface area (Å²) in [5.74, 6) is -3.45. The summed E-state index contributed by atoms with van der Waals surface area (Å²) < 4.78 is 48.3. The summed E-state index contributed by atoms with van der Waals surface area (Å²) in [6, 6.07) is 4.73. The van der Waals surface area contributed by atoms with E-state index >= 15 is 0 Å². The summed E-state index contributed by atoms with van der Waals surface area (Å²) in [7, 11) is 0. The maximum Gasteiger partial charge on any atom is 0.181 e. The lowest BCUT2D eigenvalue weighted by Gasteiger charge is -2.13. The minimum atomic E-state index is -1.30. The third-order valence-corrected chi connectivity index (χ3v) is 5.26. The second-order valence-electron chi connectivity index (χ2n) is 7.54.